The van der Waals surface area contributed by atoms with Gasteiger partial charge in [0, 0.05) is 21.5 Å². The van der Waals surface area contributed by atoms with Crippen LogP contribution in [0.1, 0.15) is 0 Å². The van der Waals surface area contributed by atoms with Gasteiger partial charge in [-0.2, -0.15) is 0 Å². The SMILES string of the molecule is COc1ccc2[nH]c3cc4c(=O)c5cccc(Cl)c5[nH]c4cc3c(=O)c2c1. The Bertz CT molecular complexity index is 1520. The van der Waals surface area contributed by atoms with Crippen LogP contribution in [-0.4, -0.2) is 17.1 Å². The number of methoxy groups -OCH3 is 1. The minimum absolute atomic E-state index is 0.125. The Kier molecular flexibility index (Phi) is 3.29. The third-order valence-corrected chi connectivity index (χ3v) is 5.22. The smallest absolute Gasteiger partial charge is 0.197 e. The van der Waals surface area contributed by atoms with Crippen molar-refractivity contribution in [1.82, 2.24) is 9.97 Å². The number of aromatic amines is 2. The van der Waals surface area contributed by atoms with Gasteiger partial charge in [0.25, 0.3) is 0 Å². The Morgan fingerprint density at radius 1 is 0.778 bits per heavy atom. The molecule has 0 aliphatic carbocycles. The van der Waals surface area contributed by atoms with Crippen LogP contribution in [0.3, 0.4) is 0 Å². The predicted molar refractivity (Wildman–Crippen MR) is 109 cm³/mol. The van der Waals surface area contributed by atoms with Gasteiger partial charge in [-0.15, -0.1) is 0 Å². The standard InChI is InChI=1S/C21H13ClN2O3/c1-27-10-5-6-16-12(7-10)21(26)13-9-18-14(8-17(13)23-16)20(25)11-3-2-4-15(22)19(11)24-18/h2-9H,1H3,(H,23,26)(H,24,25). The summed E-state index contributed by atoms with van der Waals surface area (Å²) in [4.78, 5) is 32.4. The Balaban J connectivity index is 1.98. The van der Waals surface area contributed by atoms with Crippen LogP contribution in [0.2, 0.25) is 5.02 Å². The Morgan fingerprint density at radius 2 is 1.44 bits per heavy atom. The van der Waals surface area contributed by atoms with Crippen molar-refractivity contribution < 1.29 is 4.74 Å². The van der Waals surface area contributed by atoms with E-state index in [1.165, 1.54) is 0 Å². The van der Waals surface area contributed by atoms with Gasteiger partial charge in [0.1, 0.15) is 5.75 Å². The van der Waals surface area contributed by atoms with E-state index in [-0.39, 0.29) is 10.9 Å². The molecule has 0 saturated carbocycles. The highest BCUT2D eigenvalue weighted by atomic mass is 35.5. The van der Waals surface area contributed by atoms with Crippen molar-refractivity contribution in [3.05, 3.63) is 74.0 Å². The van der Waals surface area contributed by atoms with E-state index < -0.39 is 0 Å². The molecular weight excluding hydrogens is 364 g/mol. The summed E-state index contributed by atoms with van der Waals surface area (Å²) >= 11 is 6.24. The van der Waals surface area contributed by atoms with E-state index in [0.717, 1.165) is 0 Å². The van der Waals surface area contributed by atoms with Crippen LogP contribution in [0.5, 0.6) is 5.75 Å². The zero-order valence-electron chi connectivity index (χ0n) is 14.2. The highest BCUT2D eigenvalue weighted by Crippen LogP contribution is 2.25. The van der Waals surface area contributed by atoms with E-state index in [9.17, 15) is 9.59 Å². The molecular formula is C21H13ClN2O3. The third kappa shape index (κ3) is 2.25. The monoisotopic (exact) mass is 376 g/mol. The lowest BCUT2D eigenvalue weighted by Gasteiger charge is -2.08. The molecule has 0 amide bonds. The van der Waals surface area contributed by atoms with Crippen LogP contribution in [0, 0.1) is 0 Å². The molecule has 0 spiro atoms. The zero-order chi connectivity index (χ0) is 18.7. The highest BCUT2D eigenvalue weighted by Gasteiger charge is 2.12. The Labute approximate surface area is 157 Å². The molecule has 6 heteroatoms. The molecule has 5 rings (SSSR count). The first-order valence-corrected chi connectivity index (χ1v) is 8.72. The number of halogens is 1. The summed E-state index contributed by atoms with van der Waals surface area (Å²) in [5.41, 5.74) is 2.18. The number of fused-ring (bicyclic) bond motifs is 4. The van der Waals surface area contributed by atoms with Crippen molar-refractivity contribution in [1.29, 1.82) is 0 Å². The maximum absolute atomic E-state index is 13.0. The normalized spacial score (nSPS) is 11.6. The van der Waals surface area contributed by atoms with Crippen LogP contribution in [0.4, 0.5) is 0 Å². The maximum Gasteiger partial charge on any atom is 0.197 e. The average molecular weight is 377 g/mol. The van der Waals surface area contributed by atoms with Crippen LogP contribution < -0.4 is 15.6 Å². The molecule has 27 heavy (non-hydrogen) atoms. The topological polar surface area (TPSA) is 75.0 Å². The fraction of sp³-hybridized carbons (Fsp3) is 0.0476. The molecule has 2 heterocycles. The molecule has 0 unspecified atom stereocenters. The molecule has 5 nitrogen and oxygen atoms in total. The van der Waals surface area contributed by atoms with Gasteiger partial charge in [-0.25, -0.2) is 0 Å². The summed E-state index contributed by atoms with van der Waals surface area (Å²) in [6, 6.07) is 13.9. The van der Waals surface area contributed by atoms with E-state index in [4.69, 9.17) is 16.3 Å². The minimum Gasteiger partial charge on any atom is -0.497 e. The molecule has 0 aliphatic rings. The van der Waals surface area contributed by atoms with E-state index in [2.05, 4.69) is 9.97 Å². The summed E-state index contributed by atoms with van der Waals surface area (Å²) < 4.78 is 5.22. The van der Waals surface area contributed by atoms with Gasteiger partial charge in [0.15, 0.2) is 10.9 Å². The second kappa shape index (κ2) is 5.59. The molecule has 0 saturated heterocycles. The predicted octanol–water partition coefficient (Wildman–Crippen LogP) is 4.34. The average Bonchev–Trinajstić information content (AvgIpc) is 2.68. The summed E-state index contributed by atoms with van der Waals surface area (Å²) in [6.07, 6.45) is 0. The highest BCUT2D eigenvalue weighted by molar-refractivity contribution is 6.35. The molecule has 2 aromatic heterocycles. The molecule has 0 fully saturated rings. The number of hydrogen-bond donors (Lipinski definition) is 2. The first kappa shape index (κ1) is 15.9. The number of para-hydroxylation sites is 1. The largest absolute Gasteiger partial charge is 0.497 e. The number of rotatable bonds is 1. The quantitative estimate of drug-likeness (QED) is 0.427. The second-order valence-electron chi connectivity index (χ2n) is 6.43. The van der Waals surface area contributed by atoms with Gasteiger partial charge in [-0.1, -0.05) is 17.7 Å². The lowest BCUT2D eigenvalue weighted by Crippen LogP contribution is -2.08. The van der Waals surface area contributed by atoms with Gasteiger partial charge in [0.05, 0.1) is 34.2 Å². The van der Waals surface area contributed by atoms with E-state index in [1.54, 1.807) is 55.6 Å². The van der Waals surface area contributed by atoms with E-state index in [1.807, 2.05) is 0 Å². The van der Waals surface area contributed by atoms with Gasteiger partial charge in [-0.3, -0.25) is 9.59 Å². The molecule has 3 aromatic carbocycles. The fourth-order valence-electron chi connectivity index (χ4n) is 3.54. The first-order valence-electron chi connectivity index (χ1n) is 8.35. The first-order chi connectivity index (χ1) is 13.1. The summed E-state index contributed by atoms with van der Waals surface area (Å²) in [5.74, 6) is 0.610. The molecule has 0 atom stereocenters. The fourth-order valence-corrected chi connectivity index (χ4v) is 3.76. The number of nitrogens with one attached hydrogen (secondary N) is 2. The second-order valence-corrected chi connectivity index (χ2v) is 6.83. The lowest BCUT2D eigenvalue weighted by molar-refractivity contribution is 0.415. The number of benzene rings is 3. The molecule has 0 bridgehead atoms. The Hall–Kier alpha value is -3.31. The van der Waals surface area contributed by atoms with Crippen molar-refractivity contribution in [3.63, 3.8) is 0 Å². The molecule has 132 valence electrons. The number of hydrogen-bond acceptors (Lipinski definition) is 3. The third-order valence-electron chi connectivity index (χ3n) is 4.91. The maximum atomic E-state index is 13.0. The number of ether oxygens (including phenoxy) is 1. The van der Waals surface area contributed by atoms with E-state index >= 15 is 0 Å². The van der Waals surface area contributed by atoms with Crippen molar-refractivity contribution >= 4 is 55.2 Å². The van der Waals surface area contributed by atoms with Crippen LogP contribution in [-0.2, 0) is 0 Å². The van der Waals surface area contributed by atoms with Crippen LogP contribution in [0.15, 0.2) is 58.1 Å². The van der Waals surface area contributed by atoms with Crippen molar-refractivity contribution in [2.75, 3.05) is 7.11 Å². The zero-order valence-corrected chi connectivity index (χ0v) is 15.0. The van der Waals surface area contributed by atoms with Gasteiger partial charge in [0.2, 0.25) is 0 Å². The molecule has 0 radical (unpaired) electrons. The van der Waals surface area contributed by atoms with Crippen molar-refractivity contribution in [3.8, 4) is 5.75 Å². The van der Waals surface area contributed by atoms with Crippen LogP contribution in [0.25, 0.3) is 43.6 Å². The van der Waals surface area contributed by atoms with Crippen molar-refractivity contribution in [2.45, 2.75) is 0 Å². The summed E-state index contributed by atoms with van der Waals surface area (Å²) in [5, 5.41) is 2.50. The lowest BCUT2D eigenvalue weighted by atomic mass is 10.1. The van der Waals surface area contributed by atoms with Gasteiger partial charge in [-0.05, 0) is 42.5 Å². The van der Waals surface area contributed by atoms with Gasteiger partial charge >= 0.3 is 0 Å². The number of H-pyrrole nitrogens is 2. The van der Waals surface area contributed by atoms with Crippen molar-refractivity contribution in [2.24, 2.45) is 0 Å². The summed E-state index contributed by atoms with van der Waals surface area (Å²) in [6.45, 7) is 0. The number of aromatic nitrogens is 2. The molecule has 5 aromatic rings. The summed E-state index contributed by atoms with van der Waals surface area (Å²) in [7, 11) is 1.56. The number of pyridine rings is 2. The molecule has 0 aliphatic heterocycles. The Morgan fingerprint density at radius 3 is 2.19 bits per heavy atom. The van der Waals surface area contributed by atoms with Crippen LogP contribution >= 0.6 is 11.6 Å². The minimum atomic E-state index is -0.126. The van der Waals surface area contributed by atoms with E-state index in [0.29, 0.717) is 54.4 Å². The van der Waals surface area contributed by atoms with Gasteiger partial charge < -0.3 is 14.7 Å². The molecule has 2 N–H and O–H groups in total.